The zero-order valence-electron chi connectivity index (χ0n) is 11.0. The molecule has 3 aliphatic rings. The van der Waals surface area contributed by atoms with E-state index in [0.717, 1.165) is 24.4 Å². The van der Waals surface area contributed by atoms with Gasteiger partial charge in [0.05, 0.1) is 6.61 Å². The van der Waals surface area contributed by atoms with Gasteiger partial charge in [-0.1, -0.05) is 32.4 Å². The smallest absolute Gasteiger partial charge is 0.104 e. The Morgan fingerprint density at radius 1 is 1.44 bits per heavy atom. The standard InChI is InChI=1S/C15H24O/c1-10(2)12-7-8-14(4)11(3)5-6-13(12)15(14)9-16-15/h5,10,12-13H,6-9H2,1-4H3. The fourth-order valence-electron chi connectivity index (χ4n) is 4.46. The van der Waals surface area contributed by atoms with Gasteiger partial charge in [-0.15, -0.1) is 0 Å². The van der Waals surface area contributed by atoms with Crippen LogP contribution in [0.15, 0.2) is 11.6 Å². The fraction of sp³-hybridized carbons (Fsp3) is 0.867. The molecule has 4 atom stereocenters. The highest BCUT2D eigenvalue weighted by atomic mass is 16.6. The molecule has 4 unspecified atom stereocenters. The van der Waals surface area contributed by atoms with Gasteiger partial charge in [0.15, 0.2) is 0 Å². The molecule has 2 bridgehead atoms. The normalized spacial score (nSPS) is 50.7. The van der Waals surface area contributed by atoms with Crippen LogP contribution in [-0.4, -0.2) is 12.2 Å². The summed E-state index contributed by atoms with van der Waals surface area (Å²) in [5, 5.41) is 0. The Morgan fingerprint density at radius 2 is 2.12 bits per heavy atom. The van der Waals surface area contributed by atoms with Crippen molar-refractivity contribution >= 4 is 0 Å². The molecule has 3 rings (SSSR count). The van der Waals surface area contributed by atoms with Gasteiger partial charge >= 0.3 is 0 Å². The third kappa shape index (κ3) is 1.11. The first-order valence-corrected chi connectivity index (χ1v) is 6.82. The van der Waals surface area contributed by atoms with Gasteiger partial charge in [0.2, 0.25) is 0 Å². The molecule has 0 aromatic carbocycles. The first-order valence-electron chi connectivity index (χ1n) is 6.82. The van der Waals surface area contributed by atoms with E-state index < -0.39 is 0 Å². The molecule has 2 fully saturated rings. The molecule has 1 aliphatic heterocycles. The maximum absolute atomic E-state index is 6.02. The van der Waals surface area contributed by atoms with E-state index in [4.69, 9.17) is 4.74 Å². The molecule has 1 saturated carbocycles. The molecule has 1 nitrogen and oxygen atoms in total. The minimum absolute atomic E-state index is 0.235. The topological polar surface area (TPSA) is 12.5 Å². The average molecular weight is 220 g/mol. The molecule has 90 valence electrons. The molecule has 16 heavy (non-hydrogen) atoms. The van der Waals surface area contributed by atoms with Gasteiger partial charge in [-0.25, -0.2) is 0 Å². The van der Waals surface area contributed by atoms with Crippen LogP contribution in [0.1, 0.15) is 47.0 Å². The van der Waals surface area contributed by atoms with Crippen molar-refractivity contribution in [3.05, 3.63) is 11.6 Å². The summed E-state index contributed by atoms with van der Waals surface area (Å²) in [6, 6.07) is 0. The number of epoxide rings is 1. The summed E-state index contributed by atoms with van der Waals surface area (Å²) in [5.74, 6) is 2.47. The largest absolute Gasteiger partial charge is 0.368 e. The van der Waals surface area contributed by atoms with Crippen LogP contribution in [0, 0.1) is 23.2 Å². The molecule has 2 aliphatic carbocycles. The van der Waals surface area contributed by atoms with Crippen molar-refractivity contribution in [2.75, 3.05) is 6.61 Å². The van der Waals surface area contributed by atoms with Crippen molar-refractivity contribution in [2.45, 2.75) is 52.6 Å². The quantitative estimate of drug-likeness (QED) is 0.484. The number of allylic oxidation sites excluding steroid dienone is 1. The van der Waals surface area contributed by atoms with Crippen LogP contribution >= 0.6 is 0 Å². The van der Waals surface area contributed by atoms with Crippen LogP contribution in [0.25, 0.3) is 0 Å². The molecular formula is C15H24O. The van der Waals surface area contributed by atoms with Crippen molar-refractivity contribution in [1.82, 2.24) is 0 Å². The minimum Gasteiger partial charge on any atom is -0.368 e. The minimum atomic E-state index is 0.235. The first kappa shape index (κ1) is 10.8. The lowest BCUT2D eigenvalue weighted by molar-refractivity contribution is -0.0184. The van der Waals surface area contributed by atoms with Gasteiger partial charge in [-0.3, -0.25) is 0 Å². The maximum atomic E-state index is 6.02. The van der Waals surface area contributed by atoms with E-state index in [1.807, 2.05) is 0 Å². The third-order valence-corrected chi connectivity index (χ3v) is 5.89. The lowest BCUT2D eigenvalue weighted by Crippen LogP contribution is -2.52. The molecule has 0 aromatic heterocycles. The fourth-order valence-corrected chi connectivity index (χ4v) is 4.46. The van der Waals surface area contributed by atoms with Crippen LogP contribution in [0.4, 0.5) is 0 Å². The summed E-state index contributed by atoms with van der Waals surface area (Å²) in [5.41, 5.74) is 2.17. The van der Waals surface area contributed by atoms with E-state index in [0.29, 0.717) is 5.41 Å². The van der Waals surface area contributed by atoms with E-state index in [-0.39, 0.29) is 5.60 Å². The molecule has 0 aromatic rings. The number of rotatable bonds is 1. The summed E-state index contributed by atoms with van der Waals surface area (Å²) < 4.78 is 6.02. The Kier molecular flexibility index (Phi) is 2.12. The number of hydrogen-bond acceptors (Lipinski definition) is 1. The van der Waals surface area contributed by atoms with Crippen LogP contribution < -0.4 is 0 Å². The molecule has 1 saturated heterocycles. The van der Waals surface area contributed by atoms with Crippen molar-refractivity contribution in [2.24, 2.45) is 23.2 Å². The Bertz CT molecular complexity index is 337. The highest BCUT2D eigenvalue weighted by Crippen LogP contribution is 2.65. The lowest BCUT2D eigenvalue weighted by atomic mass is 9.51. The summed E-state index contributed by atoms with van der Waals surface area (Å²) >= 11 is 0. The van der Waals surface area contributed by atoms with Gasteiger partial charge in [0.1, 0.15) is 5.60 Å². The maximum Gasteiger partial charge on any atom is 0.104 e. The van der Waals surface area contributed by atoms with Gasteiger partial charge in [-0.2, -0.15) is 0 Å². The first-order chi connectivity index (χ1) is 7.51. The van der Waals surface area contributed by atoms with Crippen LogP contribution in [0.5, 0.6) is 0 Å². The summed E-state index contributed by atoms with van der Waals surface area (Å²) in [4.78, 5) is 0. The van der Waals surface area contributed by atoms with Crippen LogP contribution in [-0.2, 0) is 4.74 Å². The Balaban J connectivity index is 2.01. The Hall–Kier alpha value is -0.300. The molecule has 1 heterocycles. The zero-order valence-corrected chi connectivity index (χ0v) is 11.0. The van der Waals surface area contributed by atoms with E-state index >= 15 is 0 Å². The van der Waals surface area contributed by atoms with Crippen molar-refractivity contribution in [1.29, 1.82) is 0 Å². The summed E-state index contributed by atoms with van der Waals surface area (Å²) in [6.45, 7) is 10.5. The van der Waals surface area contributed by atoms with Gasteiger partial charge in [-0.05, 0) is 43.9 Å². The second-order valence-corrected chi connectivity index (χ2v) is 6.69. The molecule has 0 radical (unpaired) electrons. The molecule has 0 amide bonds. The monoisotopic (exact) mass is 220 g/mol. The van der Waals surface area contributed by atoms with E-state index in [2.05, 4.69) is 33.8 Å². The van der Waals surface area contributed by atoms with Crippen LogP contribution in [0.3, 0.4) is 0 Å². The predicted octanol–water partition coefficient (Wildman–Crippen LogP) is 3.79. The second-order valence-electron chi connectivity index (χ2n) is 6.69. The van der Waals surface area contributed by atoms with E-state index in [1.165, 1.54) is 19.3 Å². The summed E-state index contributed by atoms with van der Waals surface area (Å²) in [7, 11) is 0. The molecule has 1 heteroatoms. The molecule has 1 spiro atoms. The predicted molar refractivity (Wildman–Crippen MR) is 66.2 cm³/mol. The van der Waals surface area contributed by atoms with E-state index in [1.54, 1.807) is 5.57 Å². The number of hydrogen-bond donors (Lipinski definition) is 0. The number of ether oxygens (including phenoxy) is 1. The molecule has 0 N–H and O–H groups in total. The molecular weight excluding hydrogens is 196 g/mol. The van der Waals surface area contributed by atoms with Crippen molar-refractivity contribution in [3.8, 4) is 0 Å². The SMILES string of the molecule is CC1=CCC2C(C(C)C)CCC1(C)C21CO1. The van der Waals surface area contributed by atoms with Crippen molar-refractivity contribution < 1.29 is 4.74 Å². The van der Waals surface area contributed by atoms with Gasteiger partial charge in [0, 0.05) is 5.41 Å². The van der Waals surface area contributed by atoms with Gasteiger partial charge < -0.3 is 4.74 Å². The van der Waals surface area contributed by atoms with E-state index in [9.17, 15) is 0 Å². The second kappa shape index (κ2) is 3.13. The Morgan fingerprint density at radius 3 is 2.69 bits per heavy atom. The van der Waals surface area contributed by atoms with Crippen LogP contribution in [0.2, 0.25) is 0 Å². The Labute approximate surface area is 99.3 Å². The third-order valence-electron chi connectivity index (χ3n) is 5.89. The summed E-state index contributed by atoms with van der Waals surface area (Å²) in [6.07, 6.45) is 6.47. The van der Waals surface area contributed by atoms with Crippen molar-refractivity contribution in [3.63, 3.8) is 0 Å². The van der Waals surface area contributed by atoms with Gasteiger partial charge in [0.25, 0.3) is 0 Å². The average Bonchev–Trinajstić information content (AvgIpc) is 2.98. The highest BCUT2D eigenvalue weighted by Gasteiger charge is 2.68. The lowest BCUT2D eigenvalue weighted by Gasteiger charge is -2.53. The zero-order chi connectivity index (χ0) is 11.6. The highest BCUT2D eigenvalue weighted by molar-refractivity contribution is 5.30.